The van der Waals surface area contributed by atoms with E-state index in [1.54, 1.807) is 7.05 Å². The molecule has 1 saturated heterocycles. The van der Waals surface area contributed by atoms with Gasteiger partial charge >= 0.3 is 0 Å². The number of piperidine rings is 1. The van der Waals surface area contributed by atoms with Gasteiger partial charge in [0.2, 0.25) is 11.8 Å². The van der Waals surface area contributed by atoms with Gasteiger partial charge in [0.15, 0.2) is 5.82 Å². The zero-order chi connectivity index (χ0) is 15.6. The smallest absolute Gasteiger partial charge is 0.243 e. The summed E-state index contributed by atoms with van der Waals surface area (Å²) >= 11 is 0. The van der Waals surface area contributed by atoms with E-state index >= 15 is 0 Å². The Bertz CT molecular complexity index is 484. The van der Waals surface area contributed by atoms with Crippen LogP contribution in [0.2, 0.25) is 0 Å². The van der Waals surface area contributed by atoms with E-state index in [1.165, 1.54) is 0 Å². The molecular weight excluding hydrogens is 268 g/mol. The molecular formula is C15H26N4O2. The third kappa shape index (κ3) is 3.61. The predicted octanol–water partition coefficient (Wildman–Crippen LogP) is 1.89. The summed E-state index contributed by atoms with van der Waals surface area (Å²) in [7, 11) is 1.70. The Kier molecular flexibility index (Phi) is 4.66. The van der Waals surface area contributed by atoms with Crippen LogP contribution >= 0.6 is 0 Å². The number of hydrogen-bond acceptors (Lipinski definition) is 5. The second-order valence-corrected chi connectivity index (χ2v) is 6.81. The molecule has 118 valence electrons. The predicted molar refractivity (Wildman–Crippen MR) is 79.8 cm³/mol. The fraction of sp³-hybridized carbons (Fsp3) is 0.800. The monoisotopic (exact) mass is 294 g/mol. The van der Waals surface area contributed by atoms with Crippen molar-refractivity contribution in [3.05, 3.63) is 11.7 Å². The highest BCUT2D eigenvalue weighted by molar-refractivity contribution is 5.78. The summed E-state index contributed by atoms with van der Waals surface area (Å²) in [6.45, 7) is 10.1. The standard InChI is InChI=1S/C15H26N4O2/c1-10(13-17-14(18-21-13)15(2,3)4)19-8-6-11(7-9-19)12(20)16-5/h10-11H,6-9H2,1-5H3,(H,16,20)/t10-/m0/s1. The van der Waals surface area contributed by atoms with E-state index in [0.717, 1.165) is 31.8 Å². The van der Waals surface area contributed by atoms with Gasteiger partial charge < -0.3 is 9.84 Å². The second-order valence-electron chi connectivity index (χ2n) is 6.81. The normalized spacial score (nSPS) is 19.5. The molecule has 0 unspecified atom stereocenters. The number of carbonyl (C=O) groups excluding carboxylic acids is 1. The van der Waals surface area contributed by atoms with Crippen LogP contribution in [-0.4, -0.2) is 41.1 Å². The Morgan fingerprint density at radius 2 is 2.00 bits per heavy atom. The van der Waals surface area contributed by atoms with Crippen molar-refractivity contribution in [2.75, 3.05) is 20.1 Å². The number of nitrogens with one attached hydrogen (secondary N) is 1. The van der Waals surface area contributed by atoms with E-state index in [2.05, 4.69) is 48.1 Å². The van der Waals surface area contributed by atoms with E-state index in [9.17, 15) is 4.79 Å². The maximum absolute atomic E-state index is 11.7. The molecule has 1 atom stereocenters. The van der Waals surface area contributed by atoms with Crippen molar-refractivity contribution in [2.45, 2.75) is 52.0 Å². The van der Waals surface area contributed by atoms with E-state index < -0.39 is 0 Å². The Morgan fingerprint density at radius 1 is 1.38 bits per heavy atom. The number of hydrogen-bond donors (Lipinski definition) is 1. The van der Waals surface area contributed by atoms with Crippen molar-refractivity contribution in [1.82, 2.24) is 20.4 Å². The summed E-state index contributed by atoms with van der Waals surface area (Å²) in [5.41, 5.74) is -0.103. The van der Waals surface area contributed by atoms with Crippen molar-refractivity contribution < 1.29 is 9.32 Å². The molecule has 0 saturated carbocycles. The average Bonchev–Trinajstić information content (AvgIpc) is 2.95. The minimum absolute atomic E-state index is 0.0965. The van der Waals surface area contributed by atoms with Crippen LogP contribution in [0, 0.1) is 5.92 Å². The maximum Gasteiger partial charge on any atom is 0.243 e. The molecule has 0 spiro atoms. The highest BCUT2D eigenvalue weighted by Crippen LogP contribution is 2.27. The quantitative estimate of drug-likeness (QED) is 0.921. The summed E-state index contributed by atoms with van der Waals surface area (Å²) in [4.78, 5) is 18.5. The summed E-state index contributed by atoms with van der Waals surface area (Å²) in [6.07, 6.45) is 1.76. The first kappa shape index (κ1) is 15.9. The van der Waals surface area contributed by atoms with E-state index in [4.69, 9.17) is 4.52 Å². The van der Waals surface area contributed by atoms with Gasteiger partial charge in [-0.15, -0.1) is 0 Å². The molecule has 1 aromatic rings. The molecule has 1 N–H and O–H groups in total. The van der Waals surface area contributed by atoms with Gasteiger partial charge in [0.05, 0.1) is 6.04 Å². The molecule has 0 radical (unpaired) electrons. The van der Waals surface area contributed by atoms with Crippen molar-refractivity contribution in [1.29, 1.82) is 0 Å². The minimum atomic E-state index is -0.103. The lowest BCUT2D eigenvalue weighted by Crippen LogP contribution is -2.40. The first-order chi connectivity index (χ1) is 9.82. The molecule has 0 aromatic carbocycles. The highest BCUT2D eigenvalue weighted by Gasteiger charge is 2.30. The average molecular weight is 294 g/mol. The van der Waals surface area contributed by atoms with Crippen molar-refractivity contribution in [3.63, 3.8) is 0 Å². The zero-order valence-corrected chi connectivity index (χ0v) is 13.6. The largest absolute Gasteiger partial charge is 0.359 e. The number of amides is 1. The van der Waals surface area contributed by atoms with Crippen molar-refractivity contribution in [2.24, 2.45) is 5.92 Å². The molecule has 0 bridgehead atoms. The fourth-order valence-electron chi connectivity index (χ4n) is 2.62. The lowest BCUT2D eigenvalue weighted by Gasteiger charge is -2.33. The number of rotatable bonds is 3. The van der Waals surface area contributed by atoms with Gasteiger partial charge in [-0.25, -0.2) is 0 Å². The van der Waals surface area contributed by atoms with Crippen LogP contribution in [0.25, 0.3) is 0 Å². The van der Waals surface area contributed by atoms with Gasteiger partial charge in [-0.2, -0.15) is 4.98 Å². The molecule has 21 heavy (non-hydrogen) atoms. The van der Waals surface area contributed by atoms with Crippen LogP contribution in [-0.2, 0) is 10.2 Å². The summed E-state index contributed by atoms with van der Waals surface area (Å²) < 4.78 is 5.42. The number of likely N-dealkylation sites (tertiary alicyclic amines) is 1. The molecule has 6 nitrogen and oxygen atoms in total. The third-order valence-electron chi connectivity index (χ3n) is 4.16. The molecule has 6 heteroatoms. The van der Waals surface area contributed by atoms with Crippen LogP contribution in [0.3, 0.4) is 0 Å². The van der Waals surface area contributed by atoms with Crippen LogP contribution in [0.5, 0.6) is 0 Å². The van der Waals surface area contributed by atoms with E-state index in [0.29, 0.717) is 5.89 Å². The first-order valence-corrected chi connectivity index (χ1v) is 7.62. The summed E-state index contributed by atoms with van der Waals surface area (Å²) in [5.74, 6) is 1.68. The molecule has 1 aliphatic rings. The third-order valence-corrected chi connectivity index (χ3v) is 4.16. The molecule has 0 aliphatic carbocycles. The Morgan fingerprint density at radius 3 is 2.48 bits per heavy atom. The van der Waals surface area contributed by atoms with Gasteiger partial charge in [0.25, 0.3) is 0 Å². The van der Waals surface area contributed by atoms with Crippen LogP contribution in [0.15, 0.2) is 4.52 Å². The fourth-order valence-corrected chi connectivity index (χ4v) is 2.62. The van der Waals surface area contributed by atoms with E-state index in [1.807, 2.05) is 0 Å². The molecule has 1 aromatic heterocycles. The Hall–Kier alpha value is -1.43. The summed E-state index contributed by atoms with van der Waals surface area (Å²) in [6, 6.07) is 0.0965. The highest BCUT2D eigenvalue weighted by atomic mass is 16.5. The SMILES string of the molecule is CNC(=O)C1CCN([C@@H](C)c2nc(C(C)(C)C)no2)CC1. The van der Waals surface area contributed by atoms with Crippen LogP contribution in [0.1, 0.15) is 58.3 Å². The molecule has 1 aliphatic heterocycles. The minimum Gasteiger partial charge on any atom is -0.359 e. The number of nitrogens with zero attached hydrogens (tertiary/aromatic N) is 3. The lowest BCUT2D eigenvalue weighted by atomic mass is 9.95. The topological polar surface area (TPSA) is 71.3 Å². The first-order valence-electron chi connectivity index (χ1n) is 7.62. The molecule has 1 amide bonds. The Balaban J connectivity index is 1.97. The molecule has 2 heterocycles. The van der Waals surface area contributed by atoms with Crippen LogP contribution < -0.4 is 5.32 Å². The van der Waals surface area contributed by atoms with Gasteiger partial charge in [-0.05, 0) is 32.9 Å². The number of carbonyl (C=O) groups is 1. The molecule has 1 fully saturated rings. The number of aromatic nitrogens is 2. The summed E-state index contributed by atoms with van der Waals surface area (Å²) in [5, 5.41) is 6.81. The molecule has 2 rings (SSSR count). The van der Waals surface area contributed by atoms with Gasteiger partial charge in [0.1, 0.15) is 0 Å². The van der Waals surface area contributed by atoms with Crippen molar-refractivity contribution >= 4 is 5.91 Å². The van der Waals surface area contributed by atoms with Gasteiger partial charge in [-0.1, -0.05) is 25.9 Å². The lowest BCUT2D eigenvalue weighted by molar-refractivity contribution is -0.126. The van der Waals surface area contributed by atoms with Gasteiger partial charge in [0, 0.05) is 18.4 Å². The van der Waals surface area contributed by atoms with E-state index in [-0.39, 0.29) is 23.3 Å². The second kappa shape index (κ2) is 6.13. The Labute approximate surface area is 126 Å². The van der Waals surface area contributed by atoms with Gasteiger partial charge in [-0.3, -0.25) is 9.69 Å². The zero-order valence-electron chi connectivity index (χ0n) is 13.6. The van der Waals surface area contributed by atoms with Crippen molar-refractivity contribution in [3.8, 4) is 0 Å². The maximum atomic E-state index is 11.7. The van der Waals surface area contributed by atoms with Crippen LogP contribution in [0.4, 0.5) is 0 Å².